The Morgan fingerprint density at radius 2 is 1.76 bits per heavy atom. The van der Waals surface area contributed by atoms with Crippen LogP contribution in [0.3, 0.4) is 0 Å². The number of nitrogens with one attached hydrogen (secondary N) is 1. The minimum atomic E-state index is -4.54. The number of aromatic amines is 1. The van der Waals surface area contributed by atoms with Gasteiger partial charge in [0.15, 0.2) is 12.4 Å². The number of rotatable bonds is 8. The van der Waals surface area contributed by atoms with Crippen LogP contribution in [0, 0.1) is 23.7 Å². The highest BCUT2D eigenvalue weighted by molar-refractivity contribution is 6.06. The number of halogens is 3. The molecule has 1 atom stereocenters. The summed E-state index contributed by atoms with van der Waals surface area (Å²) in [5.41, 5.74) is 4.95. The van der Waals surface area contributed by atoms with E-state index in [9.17, 15) is 18.0 Å². The number of alkyl halides is 3. The quantitative estimate of drug-likeness (QED) is 0.189. The summed E-state index contributed by atoms with van der Waals surface area (Å²) >= 11 is 0. The maximum absolute atomic E-state index is 14.2. The number of likely N-dealkylation sites (tertiary alicyclic amines) is 2. The number of aromatic nitrogens is 4. The average Bonchev–Trinajstić information content (AvgIpc) is 3.70. The number of anilines is 2. The second-order valence-corrected chi connectivity index (χ2v) is 17.9. The van der Waals surface area contributed by atoms with Crippen molar-refractivity contribution in [2.24, 2.45) is 16.7 Å². The summed E-state index contributed by atoms with van der Waals surface area (Å²) in [7, 11) is 0. The van der Waals surface area contributed by atoms with Crippen LogP contribution in [0.1, 0.15) is 68.9 Å². The van der Waals surface area contributed by atoms with Crippen molar-refractivity contribution in [1.29, 1.82) is 0 Å². The molecule has 2 aliphatic carbocycles. The van der Waals surface area contributed by atoms with Crippen molar-refractivity contribution >= 4 is 39.5 Å². The van der Waals surface area contributed by atoms with Gasteiger partial charge in [-0.2, -0.15) is 23.3 Å². The summed E-state index contributed by atoms with van der Waals surface area (Å²) in [5.74, 6) is 2.40. The third kappa shape index (κ3) is 6.03. The zero-order valence-corrected chi connectivity index (χ0v) is 31.7. The maximum Gasteiger partial charge on any atom is 0.422 e. The van der Waals surface area contributed by atoms with Crippen LogP contribution in [-0.2, 0) is 4.79 Å². The molecular weight excluding hydrogens is 706 g/mol. The molecule has 0 unspecified atom stereocenters. The molecule has 0 bridgehead atoms. The van der Waals surface area contributed by atoms with E-state index in [1.54, 1.807) is 6.20 Å². The fourth-order valence-corrected chi connectivity index (χ4v) is 10.6. The molecule has 55 heavy (non-hydrogen) atoms. The Morgan fingerprint density at radius 1 is 1.00 bits per heavy atom. The summed E-state index contributed by atoms with van der Waals surface area (Å²) < 4.78 is 48.5. The highest BCUT2D eigenvalue weighted by Crippen LogP contribution is 2.55. The predicted molar refractivity (Wildman–Crippen MR) is 207 cm³/mol. The lowest BCUT2D eigenvalue weighted by Crippen LogP contribution is -2.66. The second kappa shape index (κ2) is 12.6. The molecule has 2 aromatic heterocycles. The molecule has 10 rings (SSSR count). The number of H-pyrrole nitrogens is 1. The molecule has 6 fully saturated rings. The summed E-state index contributed by atoms with van der Waals surface area (Å²) in [4.78, 5) is 31.8. The number of ether oxygens (including phenoxy) is 1. The third-order valence-corrected chi connectivity index (χ3v) is 13.7. The van der Waals surface area contributed by atoms with E-state index in [1.807, 2.05) is 24.0 Å². The van der Waals surface area contributed by atoms with Gasteiger partial charge in [-0.25, -0.2) is 4.98 Å². The van der Waals surface area contributed by atoms with Crippen LogP contribution in [0.25, 0.3) is 32.9 Å². The van der Waals surface area contributed by atoms with E-state index < -0.39 is 12.8 Å². The number of hydrogen-bond donors (Lipinski definition) is 1. The molecule has 4 aromatic rings. The normalized spacial score (nSPS) is 23.7. The Kier molecular flexibility index (Phi) is 8.00. The van der Waals surface area contributed by atoms with Gasteiger partial charge in [0, 0.05) is 79.0 Å². The highest BCUT2D eigenvalue weighted by Gasteiger charge is 2.55. The summed E-state index contributed by atoms with van der Waals surface area (Å²) in [6.07, 6.45) is 5.88. The number of amides is 1. The van der Waals surface area contributed by atoms with Crippen LogP contribution in [0.4, 0.5) is 24.9 Å². The lowest BCUT2D eigenvalue weighted by molar-refractivity contribution is -0.153. The van der Waals surface area contributed by atoms with Crippen LogP contribution in [0.15, 0.2) is 37.1 Å². The van der Waals surface area contributed by atoms with Crippen molar-refractivity contribution in [2.45, 2.75) is 76.9 Å². The molecule has 2 spiro atoms. The van der Waals surface area contributed by atoms with E-state index in [0.717, 1.165) is 110 Å². The zero-order valence-electron chi connectivity index (χ0n) is 31.7. The number of benzene rings is 2. The summed E-state index contributed by atoms with van der Waals surface area (Å²) in [5, 5.41) is 8.95. The van der Waals surface area contributed by atoms with Crippen molar-refractivity contribution in [3.63, 3.8) is 0 Å². The Labute approximate surface area is 319 Å². The minimum Gasteiger partial charge on any atom is -0.481 e. The molecule has 1 amide bonds. The molecular formula is C42H49F3N8O2. The molecule has 10 nitrogen and oxygen atoms in total. The van der Waals surface area contributed by atoms with Gasteiger partial charge in [0.25, 0.3) is 0 Å². The molecule has 2 saturated carbocycles. The summed E-state index contributed by atoms with van der Waals surface area (Å²) in [6, 6.07) is 6.73. The van der Waals surface area contributed by atoms with Crippen LogP contribution in [-0.4, -0.2) is 107 Å². The van der Waals surface area contributed by atoms with Crippen molar-refractivity contribution in [1.82, 2.24) is 30.0 Å². The molecule has 1 N–H and O–H groups in total. The predicted octanol–water partition coefficient (Wildman–Crippen LogP) is 7.23. The van der Waals surface area contributed by atoms with Gasteiger partial charge in [-0.3, -0.25) is 9.89 Å². The largest absolute Gasteiger partial charge is 0.481 e. The van der Waals surface area contributed by atoms with Gasteiger partial charge < -0.3 is 24.3 Å². The lowest BCUT2D eigenvalue weighted by Gasteiger charge is -2.60. The zero-order chi connectivity index (χ0) is 37.9. The SMILES string of the molecule is C=CC(=O)N1CC2(CCN(c3nc(N4CC5(CC(N6CC[C@@H](C)C6)C5)C4)nc4c(OCC(F)(F)F)c(-c5c(C)ccc6[nH]ncc56)c(C5CC5)cc34)CC2)C1. The first-order valence-electron chi connectivity index (χ1n) is 20.1. The van der Waals surface area contributed by atoms with Crippen LogP contribution < -0.4 is 14.5 Å². The number of hydrogen-bond acceptors (Lipinski definition) is 8. The molecule has 6 heterocycles. The van der Waals surface area contributed by atoms with Crippen molar-refractivity contribution in [3.8, 4) is 16.9 Å². The van der Waals surface area contributed by atoms with Gasteiger partial charge in [0.1, 0.15) is 11.3 Å². The molecule has 290 valence electrons. The van der Waals surface area contributed by atoms with Gasteiger partial charge in [0.05, 0.1) is 11.7 Å². The van der Waals surface area contributed by atoms with E-state index in [1.165, 1.54) is 38.4 Å². The van der Waals surface area contributed by atoms with E-state index in [0.29, 0.717) is 23.1 Å². The Balaban J connectivity index is 1.08. The molecule has 13 heteroatoms. The lowest BCUT2D eigenvalue weighted by atomic mass is 9.60. The second-order valence-electron chi connectivity index (χ2n) is 17.9. The number of aryl methyl sites for hydroxylation is 1. The number of nitrogens with zero attached hydrogens (tertiary/aromatic N) is 7. The maximum atomic E-state index is 14.2. The minimum absolute atomic E-state index is 0.0317. The molecule has 0 radical (unpaired) electrons. The number of piperidine rings is 1. The Bertz CT molecular complexity index is 2180. The topological polar surface area (TPSA) is 93.7 Å². The van der Waals surface area contributed by atoms with Gasteiger partial charge >= 0.3 is 6.18 Å². The first-order valence-corrected chi connectivity index (χ1v) is 20.1. The fourth-order valence-electron chi connectivity index (χ4n) is 10.6. The first-order chi connectivity index (χ1) is 26.4. The highest BCUT2D eigenvalue weighted by atomic mass is 19.4. The smallest absolute Gasteiger partial charge is 0.422 e. The third-order valence-electron chi connectivity index (χ3n) is 13.7. The first kappa shape index (κ1) is 35.1. The number of fused-ring (bicyclic) bond motifs is 2. The van der Waals surface area contributed by atoms with Crippen molar-refractivity contribution < 1.29 is 22.7 Å². The van der Waals surface area contributed by atoms with Crippen molar-refractivity contribution in [2.75, 3.05) is 68.8 Å². The van der Waals surface area contributed by atoms with Crippen LogP contribution in [0.5, 0.6) is 5.75 Å². The summed E-state index contributed by atoms with van der Waals surface area (Å²) in [6.45, 7) is 13.5. The van der Waals surface area contributed by atoms with Gasteiger partial charge in [-0.15, -0.1) is 0 Å². The van der Waals surface area contributed by atoms with Crippen molar-refractivity contribution in [3.05, 3.63) is 48.2 Å². The van der Waals surface area contributed by atoms with E-state index in [4.69, 9.17) is 14.7 Å². The fraction of sp³-hybridized carbons (Fsp3) is 0.571. The Morgan fingerprint density at radius 3 is 2.44 bits per heavy atom. The van der Waals surface area contributed by atoms with E-state index in [2.05, 4.69) is 44.5 Å². The molecule has 2 aromatic carbocycles. The van der Waals surface area contributed by atoms with Gasteiger partial charge in [0.2, 0.25) is 11.9 Å². The monoisotopic (exact) mass is 754 g/mol. The van der Waals surface area contributed by atoms with Gasteiger partial charge in [-0.1, -0.05) is 19.6 Å². The standard InChI is InChI=1S/C42H49F3N8O2/c1-4-33(54)52-20-40(21-52)10-13-50(14-11-40)38-30-15-29(27-6-7-27)35(34-26(3)5-8-32-31(34)18-46-49-32)37(55-24-42(43,44)45)36(30)47-39(48-38)53-22-41(23-53)16-28(17-41)51-12-9-25(2)19-51/h4-5,8,15,18,25,27-28H,1,6-7,9-14,16-17,19-24H2,2-3H3,(H,46,49)/t25-/m1/s1. The number of carbonyl (C=O) groups is 1. The van der Waals surface area contributed by atoms with E-state index >= 15 is 0 Å². The number of carbonyl (C=O) groups excluding carboxylic acids is 1. The van der Waals surface area contributed by atoms with E-state index in [-0.39, 0.29) is 28.4 Å². The average molecular weight is 755 g/mol. The molecule has 6 aliphatic rings. The van der Waals surface area contributed by atoms with Crippen LogP contribution >= 0.6 is 0 Å². The molecule has 4 aliphatic heterocycles. The Hall–Kier alpha value is -4.39. The van der Waals surface area contributed by atoms with Crippen LogP contribution in [0.2, 0.25) is 0 Å². The van der Waals surface area contributed by atoms with Gasteiger partial charge in [-0.05, 0) is 105 Å². The molecule has 4 saturated heterocycles.